The number of amides is 1. The average Bonchev–Trinajstić information content (AvgIpc) is 3.15. The number of carbonyl (C=O) groups is 1. The molecule has 1 N–H and O–H groups in total. The van der Waals surface area contributed by atoms with Gasteiger partial charge in [0.05, 0.1) is 17.9 Å². The first-order valence-electron chi connectivity index (χ1n) is 8.96. The normalized spacial score (nSPS) is 10.9. The fourth-order valence-corrected chi connectivity index (χ4v) is 3.93. The highest BCUT2D eigenvalue weighted by atomic mass is 32.2. The Balaban J connectivity index is 1.47. The molecule has 1 amide bonds. The molecule has 0 aliphatic heterocycles. The van der Waals surface area contributed by atoms with Crippen molar-refractivity contribution >= 4 is 34.7 Å². The Morgan fingerprint density at radius 2 is 2.00 bits per heavy atom. The first-order chi connectivity index (χ1) is 14.0. The lowest BCUT2D eigenvalue weighted by molar-refractivity contribution is -0.117. The van der Waals surface area contributed by atoms with Gasteiger partial charge >= 0.3 is 0 Å². The van der Waals surface area contributed by atoms with Crippen LogP contribution >= 0.6 is 23.1 Å². The molecule has 0 saturated heterocycles. The number of carbonyl (C=O) groups excluding carboxylic acids is 1. The van der Waals surface area contributed by atoms with Crippen molar-refractivity contribution in [3.05, 3.63) is 70.4 Å². The number of likely N-dealkylation sites (N-methyl/N-ethyl adjacent to an activating group) is 1. The molecule has 1 aromatic heterocycles. The molecular formula is C21H22FN3O2S2. The summed E-state index contributed by atoms with van der Waals surface area (Å²) in [5, 5.41) is 5.75. The third kappa shape index (κ3) is 6.56. The number of nitrogens with one attached hydrogen (secondary N) is 1. The molecule has 0 radical (unpaired) electrons. The van der Waals surface area contributed by atoms with Gasteiger partial charge in [-0.1, -0.05) is 12.1 Å². The summed E-state index contributed by atoms with van der Waals surface area (Å²) >= 11 is 3.10. The molecule has 152 valence electrons. The van der Waals surface area contributed by atoms with Crippen LogP contribution in [0.3, 0.4) is 0 Å². The lowest BCUT2D eigenvalue weighted by Gasteiger charge is -2.16. The monoisotopic (exact) mass is 431 g/mol. The Hall–Kier alpha value is -2.42. The van der Waals surface area contributed by atoms with Crippen LogP contribution < -0.4 is 10.1 Å². The number of aromatic nitrogens is 1. The second-order valence-electron chi connectivity index (χ2n) is 6.40. The van der Waals surface area contributed by atoms with Gasteiger partial charge in [-0.3, -0.25) is 9.69 Å². The number of nitrogens with zero attached hydrogens (tertiary/aromatic N) is 2. The fraction of sp³-hybridized carbons (Fsp3) is 0.238. The van der Waals surface area contributed by atoms with Gasteiger partial charge in [-0.25, -0.2) is 9.37 Å². The average molecular weight is 432 g/mol. The summed E-state index contributed by atoms with van der Waals surface area (Å²) in [6.07, 6.45) is 1.98. The molecule has 3 rings (SSSR count). The van der Waals surface area contributed by atoms with E-state index in [0.717, 1.165) is 21.3 Å². The molecule has 5 nitrogen and oxygen atoms in total. The molecule has 2 aromatic carbocycles. The van der Waals surface area contributed by atoms with Gasteiger partial charge in [0.25, 0.3) is 0 Å². The number of benzene rings is 2. The molecule has 8 heteroatoms. The van der Waals surface area contributed by atoms with E-state index in [4.69, 9.17) is 4.74 Å². The van der Waals surface area contributed by atoms with Crippen LogP contribution in [0.5, 0.6) is 5.75 Å². The quantitative estimate of drug-likeness (QED) is 0.500. The molecule has 29 heavy (non-hydrogen) atoms. The molecule has 0 aliphatic carbocycles. The highest BCUT2D eigenvalue weighted by Crippen LogP contribution is 2.24. The van der Waals surface area contributed by atoms with E-state index in [9.17, 15) is 9.18 Å². The van der Waals surface area contributed by atoms with E-state index in [1.54, 1.807) is 23.9 Å². The summed E-state index contributed by atoms with van der Waals surface area (Å²) in [6.45, 7) is 1.15. The number of rotatable bonds is 9. The topological polar surface area (TPSA) is 54.5 Å². The van der Waals surface area contributed by atoms with Gasteiger partial charge in [-0.2, -0.15) is 0 Å². The van der Waals surface area contributed by atoms with Gasteiger partial charge in [0.1, 0.15) is 23.2 Å². The van der Waals surface area contributed by atoms with Gasteiger partial charge in [0.2, 0.25) is 5.91 Å². The summed E-state index contributed by atoms with van der Waals surface area (Å²) in [4.78, 5) is 19.8. The zero-order valence-electron chi connectivity index (χ0n) is 16.2. The van der Waals surface area contributed by atoms with Gasteiger partial charge in [-0.15, -0.1) is 23.1 Å². The Morgan fingerprint density at radius 1 is 1.24 bits per heavy atom. The second-order valence-corrected chi connectivity index (χ2v) is 8.19. The van der Waals surface area contributed by atoms with Crippen LogP contribution in [0.2, 0.25) is 0 Å². The summed E-state index contributed by atoms with van der Waals surface area (Å²) in [5.41, 5.74) is 1.71. The van der Waals surface area contributed by atoms with Crippen molar-refractivity contribution in [2.24, 2.45) is 0 Å². The number of anilines is 1. The number of hydrogen-bond donors (Lipinski definition) is 1. The predicted molar refractivity (Wildman–Crippen MR) is 116 cm³/mol. The zero-order chi connectivity index (χ0) is 20.6. The maximum Gasteiger partial charge on any atom is 0.238 e. The van der Waals surface area contributed by atoms with Crippen LogP contribution in [0.15, 0.2) is 58.8 Å². The maximum atomic E-state index is 12.9. The highest BCUT2D eigenvalue weighted by molar-refractivity contribution is 7.98. The number of thiazole rings is 1. The van der Waals surface area contributed by atoms with Crippen molar-refractivity contribution in [1.82, 2.24) is 9.88 Å². The zero-order valence-corrected chi connectivity index (χ0v) is 17.9. The van der Waals surface area contributed by atoms with E-state index in [1.165, 1.54) is 23.5 Å². The van der Waals surface area contributed by atoms with Gasteiger partial charge in [0, 0.05) is 16.8 Å². The Bertz CT molecular complexity index is 947. The predicted octanol–water partition coefficient (Wildman–Crippen LogP) is 4.65. The van der Waals surface area contributed by atoms with Crippen molar-refractivity contribution in [3.8, 4) is 5.75 Å². The van der Waals surface area contributed by atoms with E-state index in [1.807, 2.05) is 47.8 Å². The molecule has 0 fully saturated rings. The Labute approximate surface area is 177 Å². The fourth-order valence-electron chi connectivity index (χ4n) is 2.68. The van der Waals surface area contributed by atoms with Crippen molar-refractivity contribution in [2.75, 3.05) is 25.2 Å². The van der Waals surface area contributed by atoms with Crippen LogP contribution in [0.25, 0.3) is 0 Å². The molecule has 0 saturated carbocycles. The number of thioether (sulfide) groups is 1. The van der Waals surface area contributed by atoms with Crippen LogP contribution in [0.4, 0.5) is 10.1 Å². The van der Waals surface area contributed by atoms with E-state index in [0.29, 0.717) is 18.9 Å². The van der Waals surface area contributed by atoms with Gasteiger partial charge < -0.3 is 10.1 Å². The third-order valence-corrected chi connectivity index (χ3v) is 5.67. The molecule has 0 spiro atoms. The minimum Gasteiger partial charge on any atom is -0.486 e. The van der Waals surface area contributed by atoms with E-state index < -0.39 is 0 Å². The standard InChI is InChI=1S/C21H22FN3O2S2/c1-25(12-20(26)24-18-5-3-4-6-19(18)28-2)11-16-14-29-21(23-16)13-27-17-9-7-15(22)8-10-17/h3-10,14H,11-13H2,1-2H3,(H,24,26). The van der Waals surface area contributed by atoms with Crippen molar-refractivity contribution in [3.63, 3.8) is 0 Å². The summed E-state index contributed by atoms with van der Waals surface area (Å²) in [7, 11) is 1.88. The molecule has 3 aromatic rings. The van der Waals surface area contributed by atoms with E-state index in [-0.39, 0.29) is 18.3 Å². The van der Waals surface area contributed by atoms with E-state index >= 15 is 0 Å². The number of para-hydroxylation sites is 1. The van der Waals surface area contributed by atoms with E-state index in [2.05, 4.69) is 10.3 Å². The third-order valence-electron chi connectivity index (χ3n) is 4.00. The van der Waals surface area contributed by atoms with Crippen molar-refractivity contribution < 1.29 is 13.9 Å². The summed E-state index contributed by atoms with van der Waals surface area (Å²) in [6, 6.07) is 13.6. The lowest BCUT2D eigenvalue weighted by Crippen LogP contribution is -2.30. The molecule has 0 bridgehead atoms. The number of hydrogen-bond acceptors (Lipinski definition) is 6. The SMILES string of the molecule is CSc1ccccc1NC(=O)CN(C)Cc1csc(COc2ccc(F)cc2)n1. The molecule has 0 unspecified atom stereocenters. The number of ether oxygens (including phenoxy) is 1. The Kier molecular flexibility index (Phi) is 7.62. The molecule has 1 heterocycles. The Morgan fingerprint density at radius 3 is 2.76 bits per heavy atom. The van der Waals surface area contributed by atoms with Crippen LogP contribution in [-0.2, 0) is 17.9 Å². The minimum absolute atomic E-state index is 0.0657. The molecule has 0 aliphatic rings. The largest absolute Gasteiger partial charge is 0.486 e. The maximum absolute atomic E-state index is 12.9. The minimum atomic E-state index is -0.294. The van der Waals surface area contributed by atoms with Gasteiger partial charge in [-0.05, 0) is 49.7 Å². The summed E-state index contributed by atoms with van der Waals surface area (Å²) in [5.74, 6) is 0.240. The smallest absolute Gasteiger partial charge is 0.238 e. The molecule has 0 atom stereocenters. The van der Waals surface area contributed by atoms with Crippen LogP contribution in [0, 0.1) is 5.82 Å². The van der Waals surface area contributed by atoms with Gasteiger partial charge in [0.15, 0.2) is 0 Å². The first-order valence-corrected chi connectivity index (χ1v) is 11.1. The highest BCUT2D eigenvalue weighted by Gasteiger charge is 2.11. The molecular weight excluding hydrogens is 409 g/mol. The second kappa shape index (κ2) is 10.4. The van der Waals surface area contributed by atoms with Crippen molar-refractivity contribution in [1.29, 1.82) is 0 Å². The van der Waals surface area contributed by atoms with Crippen LogP contribution in [-0.4, -0.2) is 35.6 Å². The van der Waals surface area contributed by atoms with Crippen molar-refractivity contribution in [2.45, 2.75) is 18.0 Å². The van der Waals surface area contributed by atoms with Crippen LogP contribution in [0.1, 0.15) is 10.7 Å². The summed E-state index contributed by atoms with van der Waals surface area (Å²) < 4.78 is 18.5. The number of halogens is 1. The lowest BCUT2D eigenvalue weighted by atomic mass is 10.3. The first kappa shape index (κ1) is 21.3.